The van der Waals surface area contributed by atoms with Crippen molar-refractivity contribution in [2.24, 2.45) is 5.92 Å². The second-order valence-electron chi connectivity index (χ2n) is 5.03. The third-order valence-electron chi connectivity index (χ3n) is 3.58. The van der Waals surface area contributed by atoms with Gasteiger partial charge in [-0.1, -0.05) is 25.8 Å². The zero-order valence-corrected chi connectivity index (χ0v) is 10.7. The molecular formula is C14H22N2O. The standard InChI is InChI=1S/C14H22N2O/c1-10-5-3-6-11(9-10)16-12-7-4-8-13(17-2)14(12)15/h4,7-8,10-11,16H,3,5-6,9,15H2,1-2H3. The third-order valence-corrected chi connectivity index (χ3v) is 3.58. The summed E-state index contributed by atoms with van der Waals surface area (Å²) in [5.41, 5.74) is 7.78. The Balaban J connectivity index is 2.07. The molecule has 0 saturated heterocycles. The number of hydrogen-bond donors (Lipinski definition) is 2. The summed E-state index contributed by atoms with van der Waals surface area (Å²) in [5, 5.41) is 3.55. The van der Waals surface area contributed by atoms with Gasteiger partial charge in [0.1, 0.15) is 5.75 Å². The topological polar surface area (TPSA) is 47.3 Å². The van der Waals surface area contributed by atoms with Crippen LogP contribution in [0.5, 0.6) is 5.75 Å². The Kier molecular flexibility index (Phi) is 3.77. The Labute approximate surface area is 103 Å². The maximum atomic E-state index is 6.06. The number of rotatable bonds is 3. The Morgan fingerprint density at radius 3 is 2.88 bits per heavy atom. The first-order valence-electron chi connectivity index (χ1n) is 6.39. The van der Waals surface area contributed by atoms with Crippen LogP contribution in [0.4, 0.5) is 11.4 Å². The van der Waals surface area contributed by atoms with Crippen molar-refractivity contribution in [2.75, 3.05) is 18.2 Å². The van der Waals surface area contributed by atoms with Crippen LogP contribution in [-0.4, -0.2) is 13.2 Å². The van der Waals surface area contributed by atoms with Gasteiger partial charge in [-0.25, -0.2) is 0 Å². The molecule has 0 spiro atoms. The SMILES string of the molecule is COc1cccc(NC2CCCC(C)C2)c1N. The number of hydrogen-bond acceptors (Lipinski definition) is 3. The van der Waals surface area contributed by atoms with Crippen molar-refractivity contribution in [2.45, 2.75) is 38.6 Å². The van der Waals surface area contributed by atoms with Crippen LogP contribution in [-0.2, 0) is 0 Å². The highest BCUT2D eigenvalue weighted by molar-refractivity contribution is 5.73. The molecule has 2 rings (SSSR count). The maximum absolute atomic E-state index is 6.06. The molecule has 17 heavy (non-hydrogen) atoms. The minimum atomic E-state index is 0.549. The van der Waals surface area contributed by atoms with Crippen LogP contribution in [0, 0.1) is 5.92 Å². The van der Waals surface area contributed by atoms with Crippen LogP contribution in [0.15, 0.2) is 18.2 Å². The highest BCUT2D eigenvalue weighted by Crippen LogP contribution is 2.32. The lowest BCUT2D eigenvalue weighted by Gasteiger charge is -2.29. The number of anilines is 2. The molecule has 2 atom stereocenters. The van der Waals surface area contributed by atoms with Crippen molar-refractivity contribution in [3.8, 4) is 5.75 Å². The van der Waals surface area contributed by atoms with E-state index < -0.39 is 0 Å². The Morgan fingerprint density at radius 1 is 1.35 bits per heavy atom. The Bertz CT molecular complexity index is 378. The van der Waals surface area contributed by atoms with E-state index in [0.717, 1.165) is 17.4 Å². The van der Waals surface area contributed by atoms with Crippen molar-refractivity contribution in [1.82, 2.24) is 0 Å². The maximum Gasteiger partial charge on any atom is 0.143 e. The zero-order chi connectivity index (χ0) is 12.3. The predicted molar refractivity (Wildman–Crippen MR) is 72.4 cm³/mol. The number of nitrogen functional groups attached to an aromatic ring is 1. The van der Waals surface area contributed by atoms with Gasteiger partial charge in [-0.2, -0.15) is 0 Å². The molecule has 0 bridgehead atoms. The summed E-state index contributed by atoms with van der Waals surface area (Å²) in [6.07, 6.45) is 5.13. The number of ether oxygens (including phenoxy) is 1. The van der Waals surface area contributed by atoms with Crippen LogP contribution in [0.25, 0.3) is 0 Å². The van der Waals surface area contributed by atoms with E-state index in [1.165, 1.54) is 25.7 Å². The molecule has 0 radical (unpaired) electrons. The van der Waals surface area contributed by atoms with Crippen molar-refractivity contribution in [3.05, 3.63) is 18.2 Å². The summed E-state index contributed by atoms with van der Waals surface area (Å²) in [4.78, 5) is 0. The largest absolute Gasteiger partial charge is 0.495 e. The van der Waals surface area contributed by atoms with Crippen LogP contribution in [0.2, 0.25) is 0 Å². The van der Waals surface area contributed by atoms with E-state index >= 15 is 0 Å². The van der Waals surface area contributed by atoms with Gasteiger partial charge >= 0.3 is 0 Å². The Morgan fingerprint density at radius 2 is 2.18 bits per heavy atom. The number of nitrogens with two attached hydrogens (primary N) is 1. The quantitative estimate of drug-likeness (QED) is 0.789. The van der Waals surface area contributed by atoms with E-state index in [9.17, 15) is 0 Å². The second-order valence-corrected chi connectivity index (χ2v) is 5.03. The number of nitrogens with one attached hydrogen (secondary N) is 1. The molecule has 1 aliphatic rings. The molecule has 3 heteroatoms. The highest BCUT2D eigenvalue weighted by atomic mass is 16.5. The number of para-hydroxylation sites is 1. The lowest BCUT2D eigenvalue weighted by Crippen LogP contribution is -2.26. The first-order valence-corrected chi connectivity index (χ1v) is 6.39. The zero-order valence-electron chi connectivity index (χ0n) is 10.7. The summed E-state index contributed by atoms with van der Waals surface area (Å²) in [7, 11) is 1.65. The lowest BCUT2D eigenvalue weighted by atomic mass is 9.87. The van der Waals surface area contributed by atoms with Gasteiger partial charge < -0.3 is 15.8 Å². The van der Waals surface area contributed by atoms with E-state index in [2.05, 4.69) is 12.2 Å². The molecule has 2 unspecified atom stereocenters. The van der Waals surface area contributed by atoms with Gasteiger partial charge in [0.2, 0.25) is 0 Å². The van der Waals surface area contributed by atoms with E-state index in [1.807, 2.05) is 18.2 Å². The molecule has 1 fully saturated rings. The highest BCUT2D eigenvalue weighted by Gasteiger charge is 2.19. The van der Waals surface area contributed by atoms with E-state index in [4.69, 9.17) is 10.5 Å². The van der Waals surface area contributed by atoms with E-state index in [1.54, 1.807) is 7.11 Å². The van der Waals surface area contributed by atoms with E-state index in [-0.39, 0.29) is 0 Å². The van der Waals surface area contributed by atoms with Gasteiger partial charge in [-0.3, -0.25) is 0 Å². The molecule has 3 nitrogen and oxygen atoms in total. The molecule has 0 heterocycles. The average Bonchev–Trinajstić information content (AvgIpc) is 2.32. The van der Waals surface area contributed by atoms with Gasteiger partial charge in [0.05, 0.1) is 18.5 Å². The molecule has 1 aromatic rings. The minimum Gasteiger partial charge on any atom is -0.495 e. The van der Waals surface area contributed by atoms with Gasteiger partial charge in [0.25, 0.3) is 0 Å². The summed E-state index contributed by atoms with van der Waals surface area (Å²) >= 11 is 0. The first kappa shape index (κ1) is 12.1. The monoisotopic (exact) mass is 234 g/mol. The van der Waals surface area contributed by atoms with Gasteiger partial charge in [-0.05, 0) is 30.9 Å². The summed E-state index contributed by atoms with van der Waals surface area (Å²) in [5.74, 6) is 1.56. The van der Waals surface area contributed by atoms with Crippen LogP contribution in [0.1, 0.15) is 32.6 Å². The summed E-state index contributed by atoms with van der Waals surface area (Å²) in [6.45, 7) is 2.32. The third kappa shape index (κ3) is 2.84. The van der Waals surface area contributed by atoms with Crippen LogP contribution in [0.3, 0.4) is 0 Å². The number of methoxy groups -OCH3 is 1. The smallest absolute Gasteiger partial charge is 0.143 e. The summed E-state index contributed by atoms with van der Waals surface area (Å²) < 4.78 is 5.23. The van der Waals surface area contributed by atoms with Crippen molar-refractivity contribution in [1.29, 1.82) is 0 Å². The predicted octanol–water partition coefficient (Wildman–Crippen LogP) is 3.27. The molecule has 0 aliphatic heterocycles. The molecule has 3 N–H and O–H groups in total. The normalized spacial score (nSPS) is 24.4. The number of benzene rings is 1. The van der Waals surface area contributed by atoms with Crippen LogP contribution < -0.4 is 15.8 Å². The van der Waals surface area contributed by atoms with Gasteiger partial charge in [0, 0.05) is 6.04 Å². The molecular weight excluding hydrogens is 212 g/mol. The average molecular weight is 234 g/mol. The molecule has 1 aliphatic carbocycles. The fraction of sp³-hybridized carbons (Fsp3) is 0.571. The first-order chi connectivity index (χ1) is 8.20. The fourth-order valence-corrected chi connectivity index (χ4v) is 2.63. The lowest BCUT2D eigenvalue weighted by molar-refractivity contribution is 0.358. The van der Waals surface area contributed by atoms with Crippen molar-refractivity contribution >= 4 is 11.4 Å². The van der Waals surface area contributed by atoms with Crippen molar-refractivity contribution in [3.63, 3.8) is 0 Å². The van der Waals surface area contributed by atoms with Gasteiger partial charge in [-0.15, -0.1) is 0 Å². The van der Waals surface area contributed by atoms with Crippen molar-refractivity contribution < 1.29 is 4.74 Å². The summed E-state index contributed by atoms with van der Waals surface area (Å²) in [6, 6.07) is 6.44. The second kappa shape index (κ2) is 5.30. The minimum absolute atomic E-state index is 0.549. The molecule has 0 amide bonds. The molecule has 94 valence electrons. The molecule has 1 saturated carbocycles. The van der Waals surface area contributed by atoms with E-state index in [0.29, 0.717) is 11.7 Å². The molecule has 0 aromatic heterocycles. The van der Waals surface area contributed by atoms with Crippen LogP contribution >= 0.6 is 0 Å². The fourth-order valence-electron chi connectivity index (χ4n) is 2.63. The van der Waals surface area contributed by atoms with Gasteiger partial charge in [0.15, 0.2) is 0 Å². The Hall–Kier alpha value is -1.38. The molecule has 1 aromatic carbocycles.